The zero-order chi connectivity index (χ0) is 22.9. The van der Waals surface area contributed by atoms with E-state index in [9.17, 15) is 9.59 Å². The lowest BCUT2D eigenvalue weighted by atomic mass is 10.2. The molecule has 0 bridgehead atoms. The number of hydrazone groups is 1. The average Bonchev–Trinajstić information content (AvgIpc) is 2.79. The third-order valence-electron chi connectivity index (χ3n) is 4.06. The molecule has 0 aliphatic carbocycles. The minimum absolute atomic E-state index is 0.171. The summed E-state index contributed by atoms with van der Waals surface area (Å²) in [6, 6.07) is 18.2. The molecule has 0 spiro atoms. The average molecular weight is 473 g/mol. The maximum Gasteiger partial charge on any atom is 0.345 e. The van der Waals surface area contributed by atoms with Crippen molar-refractivity contribution in [2.45, 2.75) is 0 Å². The fourth-order valence-electron chi connectivity index (χ4n) is 2.54. The molecule has 3 rings (SSSR count). The Bertz CT molecular complexity index is 1140. The minimum Gasteiger partial charge on any atom is -0.493 e. The van der Waals surface area contributed by atoms with Crippen molar-refractivity contribution in [2.75, 3.05) is 13.7 Å². The van der Waals surface area contributed by atoms with E-state index < -0.39 is 11.9 Å². The standard InChI is InChI=1S/C23H18Cl2N2O5/c1-30-21-11-15(13-26-27-22(28)14-31-17-5-3-2-4-6-17)7-10-20(21)32-23(29)18-9-8-16(24)12-19(18)25/h2-13H,14H2,1H3,(H,27,28). The summed E-state index contributed by atoms with van der Waals surface area (Å²) in [5.41, 5.74) is 3.15. The SMILES string of the molecule is COc1cc(C=NNC(=O)COc2ccccc2)ccc1OC(=O)c1ccc(Cl)cc1Cl. The first-order chi connectivity index (χ1) is 15.5. The number of amides is 1. The van der Waals surface area contributed by atoms with E-state index in [1.807, 2.05) is 18.2 Å². The second-order valence-corrected chi connectivity index (χ2v) is 7.16. The number of hydrogen-bond acceptors (Lipinski definition) is 6. The first kappa shape index (κ1) is 23.1. The van der Waals surface area contributed by atoms with Gasteiger partial charge in [-0.15, -0.1) is 0 Å². The molecule has 0 saturated heterocycles. The zero-order valence-electron chi connectivity index (χ0n) is 16.9. The molecule has 0 fully saturated rings. The number of methoxy groups -OCH3 is 1. The molecule has 0 aliphatic heterocycles. The van der Waals surface area contributed by atoms with Crippen LogP contribution >= 0.6 is 23.2 Å². The number of esters is 1. The number of carbonyl (C=O) groups is 2. The summed E-state index contributed by atoms with van der Waals surface area (Å²) < 4.78 is 16.0. The highest BCUT2D eigenvalue weighted by atomic mass is 35.5. The van der Waals surface area contributed by atoms with Gasteiger partial charge in [-0.2, -0.15) is 5.10 Å². The van der Waals surface area contributed by atoms with Gasteiger partial charge in [0, 0.05) is 5.02 Å². The summed E-state index contributed by atoms with van der Waals surface area (Å²) in [5, 5.41) is 4.48. The molecule has 0 aromatic heterocycles. The van der Waals surface area contributed by atoms with Crippen molar-refractivity contribution in [3.63, 3.8) is 0 Å². The smallest absolute Gasteiger partial charge is 0.345 e. The van der Waals surface area contributed by atoms with Crippen LogP contribution in [0.25, 0.3) is 0 Å². The molecule has 0 unspecified atom stereocenters. The summed E-state index contributed by atoms with van der Waals surface area (Å²) in [5.74, 6) is 0.00741. The number of halogens is 2. The molecule has 164 valence electrons. The van der Waals surface area contributed by atoms with E-state index in [-0.39, 0.29) is 22.9 Å². The second kappa shape index (κ2) is 11.2. The fourth-order valence-corrected chi connectivity index (χ4v) is 3.02. The van der Waals surface area contributed by atoms with E-state index in [1.54, 1.807) is 36.4 Å². The highest BCUT2D eigenvalue weighted by molar-refractivity contribution is 6.36. The van der Waals surface area contributed by atoms with Gasteiger partial charge in [0.05, 0.1) is 23.9 Å². The van der Waals surface area contributed by atoms with Crippen molar-refractivity contribution in [1.29, 1.82) is 0 Å². The Balaban J connectivity index is 1.59. The summed E-state index contributed by atoms with van der Waals surface area (Å²) >= 11 is 11.9. The van der Waals surface area contributed by atoms with Crippen LogP contribution in [0.5, 0.6) is 17.2 Å². The number of benzene rings is 3. The Hall–Kier alpha value is -3.55. The Morgan fingerprint density at radius 2 is 1.78 bits per heavy atom. The summed E-state index contributed by atoms with van der Waals surface area (Å²) in [4.78, 5) is 24.3. The fraction of sp³-hybridized carbons (Fsp3) is 0.0870. The van der Waals surface area contributed by atoms with Gasteiger partial charge in [-0.3, -0.25) is 4.79 Å². The van der Waals surface area contributed by atoms with Crippen LogP contribution in [0.15, 0.2) is 71.8 Å². The Kier molecular flexibility index (Phi) is 8.08. The summed E-state index contributed by atoms with van der Waals surface area (Å²) in [6.45, 7) is -0.174. The largest absolute Gasteiger partial charge is 0.493 e. The molecule has 7 nitrogen and oxygen atoms in total. The van der Waals surface area contributed by atoms with Crippen molar-refractivity contribution in [3.8, 4) is 17.2 Å². The topological polar surface area (TPSA) is 86.2 Å². The van der Waals surface area contributed by atoms with Crippen LogP contribution in [0.3, 0.4) is 0 Å². The molecule has 0 aliphatic rings. The van der Waals surface area contributed by atoms with E-state index in [0.717, 1.165) is 0 Å². The molecule has 0 atom stereocenters. The zero-order valence-corrected chi connectivity index (χ0v) is 18.4. The molecule has 3 aromatic rings. The molecular formula is C23H18Cl2N2O5. The van der Waals surface area contributed by atoms with Gasteiger partial charge in [0.2, 0.25) is 0 Å². The molecule has 0 saturated carbocycles. The summed E-state index contributed by atoms with van der Waals surface area (Å²) in [7, 11) is 1.44. The van der Waals surface area contributed by atoms with E-state index >= 15 is 0 Å². The lowest BCUT2D eigenvalue weighted by molar-refractivity contribution is -0.123. The van der Waals surface area contributed by atoms with Gasteiger partial charge in [-0.1, -0.05) is 41.4 Å². The predicted octanol–water partition coefficient (Wildman–Crippen LogP) is 4.75. The molecule has 0 heterocycles. The first-order valence-corrected chi connectivity index (χ1v) is 10.1. The van der Waals surface area contributed by atoms with Gasteiger partial charge >= 0.3 is 5.97 Å². The van der Waals surface area contributed by atoms with Crippen LogP contribution in [0.2, 0.25) is 10.0 Å². The minimum atomic E-state index is -0.655. The molecular weight excluding hydrogens is 455 g/mol. The van der Waals surface area contributed by atoms with Gasteiger partial charge in [-0.25, -0.2) is 10.2 Å². The number of para-hydroxylation sites is 1. The van der Waals surface area contributed by atoms with Gasteiger partial charge in [-0.05, 0) is 54.1 Å². The monoisotopic (exact) mass is 472 g/mol. The van der Waals surface area contributed by atoms with E-state index in [4.69, 9.17) is 37.4 Å². The molecule has 1 amide bonds. The number of rotatable bonds is 8. The van der Waals surface area contributed by atoms with E-state index in [0.29, 0.717) is 22.1 Å². The third kappa shape index (κ3) is 6.47. The third-order valence-corrected chi connectivity index (χ3v) is 4.61. The van der Waals surface area contributed by atoms with Gasteiger partial charge in [0.15, 0.2) is 18.1 Å². The van der Waals surface area contributed by atoms with Crippen molar-refractivity contribution in [1.82, 2.24) is 5.43 Å². The molecule has 3 aromatic carbocycles. The molecule has 0 radical (unpaired) electrons. The van der Waals surface area contributed by atoms with Gasteiger partial charge in [0.1, 0.15) is 5.75 Å². The normalized spacial score (nSPS) is 10.6. The maximum absolute atomic E-state index is 12.4. The molecule has 1 N–H and O–H groups in total. The summed E-state index contributed by atoms with van der Waals surface area (Å²) in [6.07, 6.45) is 1.42. The number of nitrogens with zero attached hydrogens (tertiary/aromatic N) is 1. The maximum atomic E-state index is 12.4. The second-order valence-electron chi connectivity index (χ2n) is 6.32. The van der Waals surface area contributed by atoms with E-state index in [1.165, 1.54) is 25.5 Å². The molecule has 9 heteroatoms. The van der Waals surface area contributed by atoms with Crippen molar-refractivity contribution < 1.29 is 23.8 Å². The lowest BCUT2D eigenvalue weighted by Crippen LogP contribution is -2.24. The van der Waals surface area contributed by atoms with Crippen molar-refractivity contribution in [3.05, 3.63) is 87.9 Å². The van der Waals surface area contributed by atoms with Crippen LogP contribution < -0.4 is 19.6 Å². The predicted molar refractivity (Wildman–Crippen MR) is 122 cm³/mol. The van der Waals surface area contributed by atoms with Crippen molar-refractivity contribution >= 4 is 41.3 Å². The Morgan fingerprint density at radius 1 is 1.00 bits per heavy atom. The van der Waals surface area contributed by atoms with Crippen LogP contribution in [-0.4, -0.2) is 31.8 Å². The van der Waals surface area contributed by atoms with E-state index in [2.05, 4.69) is 10.5 Å². The van der Waals surface area contributed by atoms with Crippen molar-refractivity contribution in [2.24, 2.45) is 5.10 Å². The Labute approximate surface area is 194 Å². The molecule has 32 heavy (non-hydrogen) atoms. The number of carbonyl (C=O) groups excluding carboxylic acids is 2. The first-order valence-electron chi connectivity index (χ1n) is 9.31. The van der Waals surface area contributed by atoms with Crippen LogP contribution in [-0.2, 0) is 4.79 Å². The van der Waals surface area contributed by atoms with Gasteiger partial charge < -0.3 is 14.2 Å². The number of hydrogen-bond donors (Lipinski definition) is 1. The highest BCUT2D eigenvalue weighted by Gasteiger charge is 2.16. The van der Waals surface area contributed by atoms with Crippen LogP contribution in [0.1, 0.15) is 15.9 Å². The highest BCUT2D eigenvalue weighted by Crippen LogP contribution is 2.29. The van der Waals surface area contributed by atoms with Crippen LogP contribution in [0, 0.1) is 0 Å². The lowest BCUT2D eigenvalue weighted by Gasteiger charge is -2.10. The van der Waals surface area contributed by atoms with Gasteiger partial charge in [0.25, 0.3) is 5.91 Å². The quantitative estimate of drug-likeness (QED) is 0.221. The number of ether oxygens (including phenoxy) is 3. The van der Waals surface area contributed by atoms with Crippen LogP contribution in [0.4, 0.5) is 0 Å². The number of nitrogens with one attached hydrogen (secondary N) is 1. The Morgan fingerprint density at radius 3 is 2.50 bits per heavy atom.